The van der Waals surface area contributed by atoms with Gasteiger partial charge in [0.25, 0.3) is 5.91 Å². The number of nitrogens with one attached hydrogen (secondary N) is 1. The molecule has 0 aliphatic carbocycles. The number of carbonyl (C=O) groups excluding carboxylic acids is 2. The summed E-state index contributed by atoms with van der Waals surface area (Å²) in [7, 11) is 0. The molecular weight excluding hydrogens is 303 g/mol. The first kappa shape index (κ1) is 15.1. The lowest BCUT2D eigenvalue weighted by atomic mass is 9.92. The van der Waals surface area contributed by atoms with Gasteiger partial charge in [0.15, 0.2) is 5.82 Å². The van der Waals surface area contributed by atoms with Crippen LogP contribution in [0.2, 0.25) is 0 Å². The van der Waals surface area contributed by atoms with Crippen molar-refractivity contribution in [3.8, 4) is 0 Å². The van der Waals surface area contributed by atoms with Crippen molar-refractivity contribution in [2.45, 2.75) is 32.4 Å². The second-order valence-electron chi connectivity index (χ2n) is 5.41. The highest BCUT2D eigenvalue weighted by Crippen LogP contribution is 2.29. The summed E-state index contributed by atoms with van der Waals surface area (Å²) in [6.45, 7) is 3.34. The summed E-state index contributed by atoms with van der Waals surface area (Å²) in [5.74, 6) is -0.170. The van der Waals surface area contributed by atoms with Crippen molar-refractivity contribution in [2.75, 3.05) is 0 Å². The van der Waals surface area contributed by atoms with E-state index < -0.39 is 23.3 Å². The van der Waals surface area contributed by atoms with E-state index in [-0.39, 0.29) is 12.4 Å². The van der Waals surface area contributed by atoms with Gasteiger partial charge in [0, 0.05) is 6.42 Å². The van der Waals surface area contributed by atoms with E-state index in [2.05, 4.69) is 15.5 Å². The van der Waals surface area contributed by atoms with E-state index in [9.17, 15) is 14.0 Å². The smallest absolute Gasteiger partial charge is 0.325 e. The average molecular weight is 318 g/mol. The van der Waals surface area contributed by atoms with Crippen molar-refractivity contribution in [2.24, 2.45) is 0 Å². The number of aryl methyl sites for hydroxylation is 1. The lowest BCUT2D eigenvalue weighted by Gasteiger charge is -2.21. The maximum Gasteiger partial charge on any atom is 0.325 e. The molecule has 0 spiro atoms. The van der Waals surface area contributed by atoms with Crippen LogP contribution in [0.4, 0.5) is 9.18 Å². The molecular formula is C15H15FN4O3. The Balaban J connectivity index is 1.85. The fourth-order valence-corrected chi connectivity index (χ4v) is 2.45. The minimum absolute atomic E-state index is 0.103. The summed E-state index contributed by atoms with van der Waals surface area (Å²) in [5, 5.41) is 6.37. The molecule has 1 aromatic carbocycles. The highest BCUT2D eigenvalue weighted by molar-refractivity contribution is 6.07. The number of rotatable bonds is 4. The van der Waals surface area contributed by atoms with Gasteiger partial charge in [-0.2, -0.15) is 4.98 Å². The first-order valence-corrected chi connectivity index (χ1v) is 7.15. The zero-order valence-electron chi connectivity index (χ0n) is 12.7. The SMILES string of the molecule is CCc1noc(CN2C(=O)NC(C)(c3ccc(F)cc3)C2=O)n1. The average Bonchev–Trinajstić information content (AvgIpc) is 3.07. The quantitative estimate of drug-likeness (QED) is 0.868. The molecule has 0 radical (unpaired) electrons. The lowest BCUT2D eigenvalue weighted by Crippen LogP contribution is -2.40. The van der Waals surface area contributed by atoms with E-state index in [1.165, 1.54) is 24.3 Å². The molecule has 2 heterocycles. The second-order valence-corrected chi connectivity index (χ2v) is 5.41. The van der Waals surface area contributed by atoms with E-state index in [0.717, 1.165) is 4.90 Å². The zero-order valence-corrected chi connectivity index (χ0v) is 12.7. The predicted octanol–water partition coefficient (Wildman–Crippen LogP) is 1.74. The molecule has 1 fully saturated rings. The van der Waals surface area contributed by atoms with E-state index in [0.29, 0.717) is 17.8 Å². The molecule has 1 unspecified atom stereocenters. The lowest BCUT2D eigenvalue weighted by molar-refractivity contribution is -0.131. The Labute approximate surface area is 131 Å². The largest absolute Gasteiger partial charge is 0.337 e. The number of imide groups is 1. The summed E-state index contributed by atoms with van der Waals surface area (Å²) >= 11 is 0. The fourth-order valence-electron chi connectivity index (χ4n) is 2.45. The molecule has 7 nitrogen and oxygen atoms in total. The molecule has 8 heteroatoms. The Hall–Kier alpha value is -2.77. The number of aromatic nitrogens is 2. The maximum atomic E-state index is 13.1. The summed E-state index contributed by atoms with van der Waals surface area (Å²) in [5.41, 5.74) is -0.752. The molecule has 1 aromatic heterocycles. The summed E-state index contributed by atoms with van der Waals surface area (Å²) in [4.78, 5) is 29.9. The van der Waals surface area contributed by atoms with Crippen molar-refractivity contribution >= 4 is 11.9 Å². The third kappa shape index (κ3) is 2.56. The second kappa shape index (κ2) is 5.45. The minimum Gasteiger partial charge on any atom is -0.337 e. The Morgan fingerprint density at radius 2 is 2.00 bits per heavy atom. The molecule has 3 rings (SSSR count). The summed E-state index contributed by atoms with van der Waals surface area (Å²) in [6.07, 6.45) is 0.594. The molecule has 120 valence electrons. The van der Waals surface area contributed by atoms with Crippen LogP contribution >= 0.6 is 0 Å². The van der Waals surface area contributed by atoms with Crippen molar-refractivity contribution in [3.63, 3.8) is 0 Å². The van der Waals surface area contributed by atoms with Gasteiger partial charge in [-0.15, -0.1) is 0 Å². The van der Waals surface area contributed by atoms with Gasteiger partial charge in [0.2, 0.25) is 5.89 Å². The number of hydrogen-bond donors (Lipinski definition) is 1. The fraction of sp³-hybridized carbons (Fsp3) is 0.333. The number of urea groups is 1. The molecule has 0 saturated carbocycles. The highest BCUT2D eigenvalue weighted by Gasteiger charge is 2.49. The van der Waals surface area contributed by atoms with Crippen LogP contribution < -0.4 is 5.32 Å². The third-order valence-corrected chi connectivity index (χ3v) is 3.82. The van der Waals surface area contributed by atoms with Crippen LogP contribution in [-0.4, -0.2) is 27.0 Å². The Bertz CT molecular complexity index is 758. The normalized spacial score (nSPS) is 20.9. The van der Waals surface area contributed by atoms with Crippen molar-refractivity contribution in [1.82, 2.24) is 20.4 Å². The molecule has 0 bridgehead atoms. The monoisotopic (exact) mass is 318 g/mol. The highest BCUT2D eigenvalue weighted by atomic mass is 19.1. The van der Waals surface area contributed by atoms with Crippen LogP contribution in [0.5, 0.6) is 0 Å². The molecule has 2 aromatic rings. The minimum atomic E-state index is -1.25. The van der Waals surface area contributed by atoms with Crippen LogP contribution in [0, 0.1) is 5.82 Å². The number of hydrogen-bond acceptors (Lipinski definition) is 5. The van der Waals surface area contributed by atoms with Crippen LogP contribution in [0.15, 0.2) is 28.8 Å². The number of carbonyl (C=O) groups is 2. The van der Waals surface area contributed by atoms with E-state index in [1.807, 2.05) is 6.92 Å². The Morgan fingerprint density at radius 3 is 2.61 bits per heavy atom. The Morgan fingerprint density at radius 1 is 1.30 bits per heavy atom. The van der Waals surface area contributed by atoms with Gasteiger partial charge in [0.05, 0.1) is 0 Å². The maximum absolute atomic E-state index is 13.1. The van der Waals surface area contributed by atoms with Crippen LogP contribution in [0.3, 0.4) is 0 Å². The molecule has 3 amide bonds. The van der Waals surface area contributed by atoms with Crippen molar-refractivity contribution < 1.29 is 18.5 Å². The number of nitrogens with zero attached hydrogens (tertiary/aromatic N) is 3. The number of benzene rings is 1. The van der Waals surface area contributed by atoms with Gasteiger partial charge in [-0.25, -0.2) is 9.18 Å². The van der Waals surface area contributed by atoms with Crippen LogP contribution in [0.1, 0.15) is 31.1 Å². The van der Waals surface area contributed by atoms with Gasteiger partial charge in [-0.3, -0.25) is 9.69 Å². The summed E-state index contributed by atoms with van der Waals surface area (Å²) in [6, 6.07) is 4.87. The predicted molar refractivity (Wildman–Crippen MR) is 76.5 cm³/mol. The first-order valence-electron chi connectivity index (χ1n) is 7.15. The van der Waals surface area contributed by atoms with Gasteiger partial charge in [-0.1, -0.05) is 24.2 Å². The van der Waals surface area contributed by atoms with Gasteiger partial charge in [-0.05, 0) is 24.6 Å². The molecule has 1 N–H and O–H groups in total. The standard InChI is InChI=1S/C15H15FN4O3/c1-3-11-17-12(23-19-11)8-20-13(21)15(2,18-14(20)22)9-4-6-10(16)7-5-9/h4-7H,3,8H2,1-2H3,(H,18,22). The van der Waals surface area contributed by atoms with Crippen LogP contribution in [-0.2, 0) is 23.3 Å². The number of halogens is 1. The van der Waals surface area contributed by atoms with Crippen molar-refractivity contribution in [3.05, 3.63) is 47.4 Å². The van der Waals surface area contributed by atoms with Gasteiger partial charge < -0.3 is 9.84 Å². The molecule has 1 aliphatic heterocycles. The first-order chi connectivity index (χ1) is 10.9. The van der Waals surface area contributed by atoms with E-state index >= 15 is 0 Å². The molecule has 23 heavy (non-hydrogen) atoms. The van der Waals surface area contributed by atoms with E-state index in [4.69, 9.17) is 4.52 Å². The van der Waals surface area contributed by atoms with Crippen LogP contribution in [0.25, 0.3) is 0 Å². The molecule has 1 saturated heterocycles. The van der Waals surface area contributed by atoms with Gasteiger partial charge >= 0.3 is 6.03 Å². The molecule has 1 aliphatic rings. The van der Waals surface area contributed by atoms with Crippen molar-refractivity contribution in [1.29, 1.82) is 0 Å². The summed E-state index contributed by atoms with van der Waals surface area (Å²) < 4.78 is 18.1. The molecule has 1 atom stereocenters. The van der Waals surface area contributed by atoms with Gasteiger partial charge in [0.1, 0.15) is 17.9 Å². The van der Waals surface area contributed by atoms with E-state index in [1.54, 1.807) is 6.92 Å². The number of amides is 3. The Kier molecular flexibility index (Phi) is 3.59. The topological polar surface area (TPSA) is 88.3 Å². The third-order valence-electron chi connectivity index (χ3n) is 3.82. The zero-order chi connectivity index (χ0) is 16.6.